The van der Waals surface area contributed by atoms with Gasteiger partial charge in [0.2, 0.25) is 0 Å². The van der Waals surface area contributed by atoms with E-state index in [0.717, 1.165) is 10.4 Å². The van der Waals surface area contributed by atoms with Crippen LogP contribution in [0.15, 0.2) is 58.8 Å². The summed E-state index contributed by atoms with van der Waals surface area (Å²) in [5.41, 5.74) is 2.26. The number of thiophene rings is 1. The largest absolute Gasteiger partial charge is 0.506 e. The monoisotopic (exact) mass is 426 g/mol. The second-order valence-electron chi connectivity index (χ2n) is 6.37. The van der Waals surface area contributed by atoms with Crippen LogP contribution in [0.1, 0.15) is 15.9 Å². The first-order valence-electron chi connectivity index (χ1n) is 8.82. The topological polar surface area (TPSA) is 121 Å². The standard InChI is InChI=1S/C20H18N4O3S2/c21-29(27)13-5-3-12(4-6-13)9-10-22-20(26)14-7-8-15(25)18-17(14)23-19(24-18)16-2-1-11-28-16/h1-8,11,25H,9-10,21H2,(H,22,26)(H,23,24). The molecule has 0 radical (unpaired) electrons. The molecule has 0 aliphatic heterocycles. The molecule has 0 saturated carbocycles. The van der Waals surface area contributed by atoms with Gasteiger partial charge in [0.1, 0.15) is 33.6 Å². The van der Waals surface area contributed by atoms with Gasteiger partial charge in [-0.25, -0.2) is 14.3 Å². The number of hydrogen-bond acceptors (Lipinski definition) is 5. The fourth-order valence-corrected chi connectivity index (χ4v) is 4.07. The van der Waals surface area contributed by atoms with Gasteiger partial charge >= 0.3 is 0 Å². The van der Waals surface area contributed by atoms with Crippen molar-refractivity contribution < 1.29 is 14.1 Å². The van der Waals surface area contributed by atoms with E-state index in [2.05, 4.69) is 15.3 Å². The molecule has 4 rings (SSSR count). The van der Waals surface area contributed by atoms with Crippen LogP contribution in [0.2, 0.25) is 0 Å². The van der Waals surface area contributed by atoms with Gasteiger partial charge in [-0.2, -0.15) is 0 Å². The van der Waals surface area contributed by atoms with Gasteiger partial charge in [0.25, 0.3) is 5.91 Å². The molecule has 2 heterocycles. The molecule has 7 nitrogen and oxygen atoms in total. The van der Waals surface area contributed by atoms with E-state index in [0.29, 0.717) is 40.3 Å². The van der Waals surface area contributed by atoms with Crippen molar-refractivity contribution in [3.8, 4) is 16.5 Å². The van der Waals surface area contributed by atoms with E-state index in [4.69, 9.17) is 5.14 Å². The Kier molecular flexibility index (Phi) is 5.43. The predicted molar refractivity (Wildman–Crippen MR) is 114 cm³/mol. The summed E-state index contributed by atoms with van der Waals surface area (Å²) in [5, 5.41) is 20.3. The Morgan fingerprint density at radius 2 is 2.00 bits per heavy atom. The zero-order valence-corrected chi connectivity index (χ0v) is 16.8. The number of benzene rings is 2. The third-order valence-corrected chi connectivity index (χ3v) is 6.09. The van der Waals surface area contributed by atoms with Gasteiger partial charge in [-0.05, 0) is 47.7 Å². The molecule has 0 fully saturated rings. The summed E-state index contributed by atoms with van der Waals surface area (Å²) in [7, 11) is -1.50. The van der Waals surface area contributed by atoms with E-state index in [-0.39, 0.29) is 11.7 Å². The second-order valence-corrected chi connectivity index (χ2v) is 8.38. The van der Waals surface area contributed by atoms with Crippen molar-refractivity contribution in [3.05, 3.63) is 65.0 Å². The van der Waals surface area contributed by atoms with Crippen LogP contribution in [0.25, 0.3) is 21.7 Å². The quantitative estimate of drug-likeness (QED) is 0.379. The van der Waals surface area contributed by atoms with Gasteiger partial charge in [-0.1, -0.05) is 18.2 Å². The summed E-state index contributed by atoms with van der Waals surface area (Å²) in [5.74, 6) is 0.395. The fourth-order valence-electron chi connectivity index (χ4n) is 3.00. The molecule has 1 amide bonds. The number of carbonyl (C=O) groups is 1. The minimum Gasteiger partial charge on any atom is -0.506 e. The maximum atomic E-state index is 12.7. The number of phenols is 1. The van der Waals surface area contributed by atoms with E-state index in [1.807, 2.05) is 29.6 Å². The summed E-state index contributed by atoms with van der Waals surface area (Å²) in [6, 6.07) is 14.0. The molecule has 0 aliphatic rings. The Bertz CT molecular complexity index is 1180. The van der Waals surface area contributed by atoms with Gasteiger partial charge < -0.3 is 15.4 Å². The molecule has 5 N–H and O–H groups in total. The molecule has 0 spiro atoms. The van der Waals surface area contributed by atoms with Crippen LogP contribution in [-0.2, 0) is 17.4 Å². The highest BCUT2D eigenvalue weighted by Crippen LogP contribution is 2.30. The Hall–Kier alpha value is -3.01. The van der Waals surface area contributed by atoms with Crippen LogP contribution >= 0.6 is 11.3 Å². The van der Waals surface area contributed by atoms with Crippen molar-refractivity contribution in [2.24, 2.45) is 5.14 Å². The molecule has 0 bridgehead atoms. The van der Waals surface area contributed by atoms with Gasteiger partial charge in [-0.15, -0.1) is 11.3 Å². The van der Waals surface area contributed by atoms with Gasteiger partial charge in [0, 0.05) is 6.54 Å². The molecule has 29 heavy (non-hydrogen) atoms. The van der Waals surface area contributed by atoms with Gasteiger partial charge in [0.05, 0.1) is 15.3 Å². The van der Waals surface area contributed by atoms with Crippen LogP contribution < -0.4 is 10.5 Å². The van der Waals surface area contributed by atoms with E-state index in [9.17, 15) is 14.1 Å². The Morgan fingerprint density at radius 3 is 2.69 bits per heavy atom. The average molecular weight is 427 g/mol. The summed E-state index contributed by atoms with van der Waals surface area (Å²) >= 11 is 1.52. The van der Waals surface area contributed by atoms with Crippen molar-refractivity contribution >= 4 is 39.3 Å². The predicted octanol–water partition coefficient (Wildman–Crippen LogP) is 2.95. The van der Waals surface area contributed by atoms with E-state index in [1.165, 1.54) is 17.4 Å². The summed E-state index contributed by atoms with van der Waals surface area (Å²) in [6.45, 7) is 0.425. The zero-order chi connectivity index (χ0) is 20.4. The lowest BCUT2D eigenvalue weighted by atomic mass is 10.1. The number of fused-ring (bicyclic) bond motifs is 1. The molecule has 1 unspecified atom stereocenters. The lowest BCUT2D eigenvalue weighted by Gasteiger charge is -2.07. The first-order valence-corrected chi connectivity index (χ1v) is 10.9. The third kappa shape index (κ3) is 4.07. The third-order valence-electron chi connectivity index (χ3n) is 4.48. The lowest BCUT2D eigenvalue weighted by Crippen LogP contribution is -2.26. The van der Waals surface area contributed by atoms with E-state index in [1.54, 1.807) is 18.2 Å². The number of aromatic nitrogens is 2. The van der Waals surface area contributed by atoms with E-state index >= 15 is 0 Å². The first-order chi connectivity index (χ1) is 14.0. The van der Waals surface area contributed by atoms with Crippen LogP contribution in [0.3, 0.4) is 0 Å². The highest BCUT2D eigenvalue weighted by molar-refractivity contribution is 7.82. The number of hydrogen-bond donors (Lipinski definition) is 4. The Morgan fingerprint density at radius 1 is 1.21 bits per heavy atom. The van der Waals surface area contributed by atoms with Crippen molar-refractivity contribution in [1.82, 2.24) is 15.3 Å². The number of nitrogens with zero attached hydrogens (tertiary/aromatic N) is 1. The average Bonchev–Trinajstić information content (AvgIpc) is 3.39. The molecule has 1 atom stereocenters. The molecular weight excluding hydrogens is 408 g/mol. The normalized spacial score (nSPS) is 12.2. The minimum atomic E-state index is -1.50. The molecule has 2 aromatic heterocycles. The number of rotatable bonds is 6. The highest BCUT2D eigenvalue weighted by Gasteiger charge is 2.17. The number of aromatic amines is 1. The number of carbonyl (C=O) groups excluding carboxylic acids is 1. The van der Waals surface area contributed by atoms with Crippen LogP contribution in [0.5, 0.6) is 5.75 Å². The summed E-state index contributed by atoms with van der Waals surface area (Å²) in [4.78, 5) is 21.8. The smallest absolute Gasteiger partial charge is 0.253 e. The Balaban J connectivity index is 1.49. The molecular formula is C20H18N4O3S2. The van der Waals surface area contributed by atoms with Crippen LogP contribution in [0, 0.1) is 0 Å². The molecule has 9 heteroatoms. The van der Waals surface area contributed by atoms with Gasteiger partial charge in [-0.3, -0.25) is 4.79 Å². The van der Waals surface area contributed by atoms with Crippen LogP contribution in [-0.4, -0.2) is 31.7 Å². The van der Waals surface area contributed by atoms with Gasteiger partial charge in [0.15, 0.2) is 0 Å². The summed E-state index contributed by atoms with van der Waals surface area (Å²) in [6.07, 6.45) is 0.617. The number of nitrogens with one attached hydrogen (secondary N) is 2. The highest BCUT2D eigenvalue weighted by atomic mass is 32.2. The maximum Gasteiger partial charge on any atom is 0.253 e. The van der Waals surface area contributed by atoms with E-state index < -0.39 is 11.0 Å². The lowest BCUT2D eigenvalue weighted by molar-refractivity contribution is 0.0955. The molecule has 148 valence electrons. The SMILES string of the molecule is NS(=O)c1ccc(CCNC(=O)c2ccc(O)c3[nH]c(-c4cccs4)nc23)cc1. The molecule has 0 saturated heterocycles. The number of amides is 1. The number of nitrogens with two attached hydrogens (primary N) is 1. The second kappa shape index (κ2) is 8.16. The molecule has 2 aromatic carbocycles. The molecule has 4 aromatic rings. The number of phenolic OH excluding ortho intramolecular Hbond substituents is 1. The van der Waals surface area contributed by atoms with Crippen LogP contribution in [0.4, 0.5) is 0 Å². The van der Waals surface area contributed by atoms with Crippen molar-refractivity contribution in [3.63, 3.8) is 0 Å². The first kappa shape index (κ1) is 19.3. The number of aromatic hydroxyl groups is 1. The Labute approximate surface area is 173 Å². The zero-order valence-electron chi connectivity index (χ0n) is 15.2. The van der Waals surface area contributed by atoms with Crippen molar-refractivity contribution in [1.29, 1.82) is 0 Å². The van der Waals surface area contributed by atoms with Crippen molar-refractivity contribution in [2.75, 3.05) is 6.54 Å². The fraction of sp³-hybridized carbons (Fsp3) is 0.100. The number of H-pyrrole nitrogens is 1. The minimum absolute atomic E-state index is 0.0456. The molecule has 0 aliphatic carbocycles. The number of imidazole rings is 1. The maximum absolute atomic E-state index is 12.7. The summed E-state index contributed by atoms with van der Waals surface area (Å²) < 4.78 is 11.2. The van der Waals surface area contributed by atoms with Crippen molar-refractivity contribution in [2.45, 2.75) is 11.3 Å².